The van der Waals surface area contributed by atoms with E-state index < -0.39 is 11.7 Å². The molecule has 0 bridgehead atoms. The number of carbonyl (C=O) groups is 1. The monoisotopic (exact) mass is 383 g/mol. The highest BCUT2D eigenvalue weighted by molar-refractivity contribution is 6.08. The summed E-state index contributed by atoms with van der Waals surface area (Å²) in [5, 5.41) is 1.05. The Balaban J connectivity index is 1.81. The molecule has 1 N–H and O–H groups in total. The molecule has 28 heavy (non-hydrogen) atoms. The molecule has 0 unspecified atom stereocenters. The van der Waals surface area contributed by atoms with E-state index in [0.717, 1.165) is 16.6 Å². The Kier molecular flexibility index (Phi) is 4.56. The molecule has 1 aliphatic carbocycles. The Morgan fingerprint density at radius 3 is 2.68 bits per heavy atom. The number of anilines is 1. The first kappa shape index (κ1) is 18.8. The van der Waals surface area contributed by atoms with Gasteiger partial charge in [-0.25, -0.2) is 14.8 Å². The van der Waals surface area contributed by atoms with Gasteiger partial charge in [-0.15, -0.1) is 0 Å². The van der Waals surface area contributed by atoms with Crippen LogP contribution in [-0.2, 0) is 11.8 Å². The zero-order chi connectivity index (χ0) is 20.1. The molecular formula is C21H29N5O2. The third kappa shape index (κ3) is 3.34. The van der Waals surface area contributed by atoms with E-state index in [-0.39, 0.29) is 0 Å². The van der Waals surface area contributed by atoms with Gasteiger partial charge in [0, 0.05) is 25.2 Å². The van der Waals surface area contributed by atoms with Crippen LogP contribution in [0.2, 0.25) is 0 Å². The largest absolute Gasteiger partial charge is 0.443 e. The number of imidazole rings is 1. The summed E-state index contributed by atoms with van der Waals surface area (Å²) in [5.74, 6) is 1.06. The maximum atomic E-state index is 12.6. The fourth-order valence-corrected chi connectivity index (χ4v) is 4.09. The number of hydrogen-bond donors (Lipinski definition) is 1. The molecule has 3 aromatic rings. The molecule has 0 saturated heterocycles. The number of rotatable bonds is 2. The first-order valence-corrected chi connectivity index (χ1v) is 10.0. The van der Waals surface area contributed by atoms with Gasteiger partial charge in [-0.2, -0.15) is 0 Å². The van der Waals surface area contributed by atoms with Crippen molar-refractivity contribution in [3.8, 4) is 0 Å². The van der Waals surface area contributed by atoms with E-state index in [2.05, 4.69) is 16.0 Å². The number of aryl methyl sites for hydroxylation is 1. The third-order valence-electron chi connectivity index (χ3n) is 5.47. The van der Waals surface area contributed by atoms with E-state index in [1.165, 1.54) is 42.7 Å². The molecule has 150 valence electrons. The van der Waals surface area contributed by atoms with Gasteiger partial charge in [0.25, 0.3) is 0 Å². The van der Waals surface area contributed by atoms with Gasteiger partial charge in [0.05, 0.1) is 11.8 Å². The number of hydrogen-bond acceptors (Lipinski definition) is 4. The summed E-state index contributed by atoms with van der Waals surface area (Å²) in [6.07, 6.45) is 7.64. The predicted molar refractivity (Wildman–Crippen MR) is 111 cm³/mol. The van der Waals surface area contributed by atoms with Gasteiger partial charge >= 0.3 is 6.09 Å². The zero-order valence-corrected chi connectivity index (χ0v) is 17.4. The summed E-state index contributed by atoms with van der Waals surface area (Å²) in [6.45, 7) is 5.56. The molecule has 3 aromatic heterocycles. The van der Waals surface area contributed by atoms with Gasteiger partial charge in [-0.05, 0) is 45.6 Å². The number of nitrogens with zero attached hydrogens (tertiary/aromatic N) is 4. The molecule has 1 amide bonds. The highest BCUT2D eigenvalue weighted by Gasteiger charge is 2.26. The molecule has 1 aliphatic rings. The minimum Gasteiger partial charge on any atom is -0.443 e. The second-order valence-corrected chi connectivity index (χ2v) is 8.85. The van der Waals surface area contributed by atoms with Crippen molar-refractivity contribution in [1.29, 1.82) is 0 Å². The lowest BCUT2D eigenvalue weighted by Crippen LogP contribution is -2.34. The quantitative estimate of drug-likeness (QED) is 0.685. The highest BCUT2D eigenvalue weighted by atomic mass is 16.6. The Labute approximate surface area is 165 Å². The third-order valence-corrected chi connectivity index (χ3v) is 5.47. The second kappa shape index (κ2) is 6.79. The lowest BCUT2D eigenvalue weighted by molar-refractivity contribution is 0.0589. The first-order valence-electron chi connectivity index (χ1n) is 10.0. The summed E-state index contributed by atoms with van der Waals surface area (Å²) in [5.41, 5.74) is 3.15. The topological polar surface area (TPSA) is 76.0 Å². The van der Waals surface area contributed by atoms with E-state index in [1.54, 1.807) is 13.4 Å². The lowest BCUT2D eigenvalue weighted by atomic mass is 9.87. The summed E-state index contributed by atoms with van der Waals surface area (Å²) in [6, 6.07) is 2.22. The van der Waals surface area contributed by atoms with Crippen LogP contribution in [0.5, 0.6) is 0 Å². The Hall–Kier alpha value is -2.57. The number of aromatic amines is 1. The number of H-pyrrole nitrogens is 1. The van der Waals surface area contributed by atoms with E-state index >= 15 is 0 Å². The van der Waals surface area contributed by atoms with Crippen molar-refractivity contribution in [3.05, 3.63) is 18.1 Å². The smallest absolute Gasteiger partial charge is 0.415 e. The average molecular weight is 383 g/mol. The van der Waals surface area contributed by atoms with Crippen molar-refractivity contribution in [1.82, 2.24) is 19.5 Å². The highest BCUT2D eigenvalue weighted by Crippen LogP contribution is 2.36. The maximum absolute atomic E-state index is 12.6. The first-order chi connectivity index (χ1) is 13.2. The predicted octanol–water partition coefficient (Wildman–Crippen LogP) is 4.87. The van der Waals surface area contributed by atoms with Crippen molar-refractivity contribution in [3.63, 3.8) is 0 Å². The molecule has 0 atom stereocenters. The van der Waals surface area contributed by atoms with Gasteiger partial charge in [0.15, 0.2) is 5.82 Å². The standard InChI is InChI=1S/C21H29N5O2/c1-21(2,3)28-20(27)26(5)19-16-17(25(4)12-22-16)14-11-15(23-18(14)24-19)13-9-7-6-8-10-13/h11-13H,6-10H2,1-5H3,(H,23,24). The molecule has 0 radical (unpaired) electrons. The molecule has 3 heterocycles. The van der Waals surface area contributed by atoms with Gasteiger partial charge in [-0.1, -0.05) is 19.3 Å². The van der Waals surface area contributed by atoms with Gasteiger partial charge < -0.3 is 14.3 Å². The molecule has 0 spiro atoms. The molecule has 7 heteroatoms. The van der Waals surface area contributed by atoms with Crippen molar-refractivity contribution in [2.45, 2.75) is 64.4 Å². The molecule has 1 fully saturated rings. The number of ether oxygens (including phenoxy) is 1. The van der Waals surface area contributed by atoms with Crippen LogP contribution in [0.3, 0.4) is 0 Å². The van der Waals surface area contributed by atoms with Crippen LogP contribution in [-0.4, -0.2) is 38.3 Å². The molecule has 0 aromatic carbocycles. The maximum Gasteiger partial charge on any atom is 0.415 e. The summed E-state index contributed by atoms with van der Waals surface area (Å²) >= 11 is 0. The van der Waals surface area contributed by atoms with E-state index in [0.29, 0.717) is 17.3 Å². The van der Waals surface area contributed by atoms with Crippen molar-refractivity contribution in [2.24, 2.45) is 7.05 Å². The normalized spacial score (nSPS) is 16.0. The fourth-order valence-electron chi connectivity index (χ4n) is 4.09. The lowest BCUT2D eigenvalue weighted by Gasteiger charge is -2.24. The van der Waals surface area contributed by atoms with Crippen molar-refractivity contribution in [2.75, 3.05) is 11.9 Å². The Morgan fingerprint density at radius 1 is 1.29 bits per heavy atom. The van der Waals surface area contributed by atoms with Crippen molar-refractivity contribution >= 4 is 34.0 Å². The molecule has 0 aliphatic heterocycles. The van der Waals surface area contributed by atoms with Crippen LogP contribution in [0.4, 0.5) is 10.6 Å². The zero-order valence-electron chi connectivity index (χ0n) is 17.4. The number of nitrogens with one attached hydrogen (secondary N) is 1. The average Bonchev–Trinajstić information content (AvgIpc) is 3.23. The Morgan fingerprint density at radius 2 is 2.00 bits per heavy atom. The minimum absolute atomic E-state index is 0.439. The number of pyridine rings is 1. The van der Waals surface area contributed by atoms with Crippen molar-refractivity contribution < 1.29 is 9.53 Å². The van der Waals surface area contributed by atoms with Crippen LogP contribution in [0.1, 0.15) is 64.5 Å². The Bertz CT molecular complexity index is 1020. The molecule has 1 saturated carbocycles. The van der Waals surface area contributed by atoms with Gasteiger partial charge in [0.1, 0.15) is 16.8 Å². The SMILES string of the molecule is CN(C(=O)OC(C)(C)C)c1nc2[nH]c(C3CCCCC3)cc2c2c1ncn2C. The van der Waals surface area contributed by atoms with Gasteiger partial charge in [-0.3, -0.25) is 4.90 Å². The van der Waals surface area contributed by atoms with Crippen LogP contribution in [0, 0.1) is 0 Å². The van der Waals surface area contributed by atoms with E-state index in [1.807, 2.05) is 32.4 Å². The van der Waals surface area contributed by atoms with E-state index in [4.69, 9.17) is 9.72 Å². The summed E-state index contributed by atoms with van der Waals surface area (Å²) in [7, 11) is 3.65. The second-order valence-electron chi connectivity index (χ2n) is 8.85. The van der Waals surface area contributed by atoms with E-state index in [9.17, 15) is 4.79 Å². The minimum atomic E-state index is -0.570. The van der Waals surface area contributed by atoms with Crippen LogP contribution in [0.25, 0.3) is 22.1 Å². The number of fused-ring (bicyclic) bond motifs is 3. The van der Waals surface area contributed by atoms with Crippen LogP contribution in [0.15, 0.2) is 12.4 Å². The van der Waals surface area contributed by atoms with Crippen LogP contribution < -0.4 is 4.90 Å². The molecule has 4 rings (SSSR count). The van der Waals surface area contributed by atoms with Gasteiger partial charge in [0.2, 0.25) is 0 Å². The number of carbonyl (C=O) groups excluding carboxylic acids is 1. The molecular weight excluding hydrogens is 354 g/mol. The molecule has 7 nitrogen and oxygen atoms in total. The summed E-state index contributed by atoms with van der Waals surface area (Å²) < 4.78 is 7.51. The number of aromatic nitrogens is 4. The fraction of sp³-hybridized carbons (Fsp3) is 0.571. The van der Waals surface area contributed by atoms with Crippen LogP contribution >= 0.6 is 0 Å². The number of amides is 1. The summed E-state index contributed by atoms with van der Waals surface area (Å²) in [4.78, 5) is 26.9.